The maximum absolute atomic E-state index is 11.8. The lowest BCUT2D eigenvalue weighted by Crippen LogP contribution is -2.37. The quantitative estimate of drug-likeness (QED) is 0.855. The fourth-order valence-electron chi connectivity index (χ4n) is 1.84. The number of aliphatic hydroxyl groups excluding tert-OH is 1. The first-order valence-electron chi connectivity index (χ1n) is 6.68. The molecule has 0 aliphatic rings. The molecule has 4 nitrogen and oxygen atoms in total. The van der Waals surface area contributed by atoms with E-state index >= 15 is 0 Å². The number of aliphatic hydroxyl groups is 1. The highest BCUT2D eigenvalue weighted by Gasteiger charge is 2.12. The molecule has 1 rings (SSSR count). The van der Waals surface area contributed by atoms with Gasteiger partial charge < -0.3 is 14.9 Å². The summed E-state index contributed by atoms with van der Waals surface area (Å²) in [5.41, 5.74) is 1.90. The Morgan fingerprint density at radius 2 is 1.84 bits per heavy atom. The van der Waals surface area contributed by atoms with E-state index in [1.54, 1.807) is 25.9 Å². The number of hydrogen-bond acceptors (Lipinski definition) is 3. The second-order valence-corrected chi connectivity index (χ2v) is 4.98. The number of likely N-dealkylation sites (N-methyl/N-ethyl adjacent to an activating group) is 1. The maximum Gasteiger partial charge on any atom is 0.241 e. The Balaban J connectivity index is 2.83. The Kier molecular flexibility index (Phi) is 5.83. The van der Waals surface area contributed by atoms with Crippen LogP contribution in [0, 0.1) is 0 Å². The third-order valence-electron chi connectivity index (χ3n) is 3.06. The lowest BCUT2D eigenvalue weighted by atomic mass is 10.1. The summed E-state index contributed by atoms with van der Waals surface area (Å²) >= 11 is 0. The molecule has 0 aliphatic heterocycles. The Hall–Kier alpha value is -1.55. The Labute approximate surface area is 115 Å². The van der Waals surface area contributed by atoms with Gasteiger partial charge in [-0.3, -0.25) is 4.79 Å². The van der Waals surface area contributed by atoms with Gasteiger partial charge in [-0.2, -0.15) is 0 Å². The molecule has 1 aromatic carbocycles. The third-order valence-corrected chi connectivity index (χ3v) is 3.06. The topological polar surface area (TPSA) is 43.8 Å². The van der Waals surface area contributed by atoms with Crippen LogP contribution in [-0.4, -0.2) is 43.1 Å². The molecular weight excluding hydrogens is 240 g/mol. The van der Waals surface area contributed by atoms with Gasteiger partial charge in [-0.25, -0.2) is 0 Å². The largest absolute Gasteiger partial charge is 0.389 e. The molecule has 1 atom stereocenters. The van der Waals surface area contributed by atoms with Crippen LogP contribution in [0.1, 0.15) is 31.9 Å². The van der Waals surface area contributed by atoms with Crippen molar-refractivity contribution in [3.8, 4) is 0 Å². The molecule has 0 saturated heterocycles. The van der Waals surface area contributed by atoms with Crippen LogP contribution < -0.4 is 4.90 Å². The summed E-state index contributed by atoms with van der Waals surface area (Å²) in [6, 6.07) is 7.73. The first-order chi connectivity index (χ1) is 8.95. The molecule has 0 radical (unpaired) electrons. The van der Waals surface area contributed by atoms with Gasteiger partial charge >= 0.3 is 0 Å². The van der Waals surface area contributed by atoms with Crippen molar-refractivity contribution in [2.45, 2.75) is 26.4 Å². The molecule has 0 fully saturated rings. The van der Waals surface area contributed by atoms with Crippen LogP contribution in [0.2, 0.25) is 0 Å². The Morgan fingerprint density at radius 1 is 1.26 bits per heavy atom. The molecule has 0 aliphatic carbocycles. The molecule has 1 N–H and O–H groups in total. The second-order valence-electron chi connectivity index (χ2n) is 4.98. The summed E-state index contributed by atoms with van der Waals surface area (Å²) in [5, 5.41) is 9.50. The van der Waals surface area contributed by atoms with E-state index in [1.807, 2.05) is 24.3 Å². The number of carbonyl (C=O) groups is 1. The van der Waals surface area contributed by atoms with Gasteiger partial charge in [0.1, 0.15) is 0 Å². The highest BCUT2D eigenvalue weighted by Crippen LogP contribution is 2.19. The van der Waals surface area contributed by atoms with Crippen LogP contribution >= 0.6 is 0 Å². The number of hydrogen-bond donors (Lipinski definition) is 1. The molecule has 19 heavy (non-hydrogen) atoms. The number of anilines is 1. The molecule has 1 aromatic rings. The molecule has 106 valence electrons. The standard InChI is InChI=1S/C15H24N2O2/c1-5-10-17(11-15(19)16(3)4)14-8-6-13(7-9-14)12(2)18/h6-9,12,18H,5,10-11H2,1-4H3/t12-/m1/s1. The summed E-state index contributed by atoms with van der Waals surface area (Å²) < 4.78 is 0. The number of amides is 1. The Bertz CT molecular complexity index is 399. The van der Waals surface area contributed by atoms with E-state index in [0.717, 1.165) is 24.2 Å². The van der Waals surface area contributed by atoms with Crippen molar-refractivity contribution in [3.63, 3.8) is 0 Å². The van der Waals surface area contributed by atoms with Gasteiger partial charge in [-0.1, -0.05) is 19.1 Å². The summed E-state index contributed by atoms with van der Waals surface area (Å²) in [6.07, 6.45) is 0.524. The van der Waals surface area contributed by atoms with Gasteiger partial charge in [0.2, 0.25) is 5.91 Å². The minimum absolute atomic E-state index is 0.0908. The summed E-state index contributed by atoms with van der Waals surface area (Å²) in [7, 11) is 3.53. The SMILES string of the molecule is CCCN(CC(=O)N(C)C)c1ccc([C@@H](C)O)cc1. The molecule has 0 aromatic heterocycles. The molecule has 0 bridgehead atoms. The van der Waals surface area contributed by atoms with E-state index in [2.05, 4.69) is 11.8 Å². The van der Waals surface area contributed by atoms with E-state index < -0.39 is 6.10 Å². The predicted octanol–water partition coefficient (Wildman–Crippen LogP) is 2.04. The third kappa shape index (κ3) is 4.56. The number of carbonyl (C=O) groups excluding carboxylic acids is 1. The molecule has 4 heteroatoms. The molecule has 0 unspecified atom stereocenters. The Morgan fingerprint density at radius 3 is 2.26 bits per heavy atom. The van der Waals surface area contributed by atoms with Crippen molar-refractivity contribution >= 4 is 11.6 Å². The van der Waals surface area contributed by atoms with E-state index in [-0.39, 0.29) is 5.91 Å². The van der Waals surface area contributed by atoms with Crippen molar-refractivity contribution in [1.29, 1.82) is 0 Å². The van der Waals surface area contributed by atoms with Crippen LogP contribution in [0.25, 0.3) is 0 Å². The van der Waals surface area contributed by atoms with Crippen LogP contribution in [0.4, 0.5) is 5.69 Å². The van der Waals surface area contributed by atoms with Gasteiger partial charge in [-0.05, 0) is 31.0 Å². The van der Waals surface area contributed by atoms with Crippen molar-refractivity contribution in [2.24, 2.45) is 0 Å². The predicted molar refractivity (Wildman–Crippen MR) is 78.3 cm³/mol. The number of rotatable bonds is 6. The van der Waals surface area contributed by atoms with E-state index in [9.17, 15) is 9.90 Å². The van der Waals surface area contributed by atoms with Gasteiger partial charge in [0.25, 0.3) is 0 Å². The van der Waals surface area contributed by atoms with Gasteiger partial charge in [0.05, 0.1) is 12.6 Å². The summed E-state index contributed by atoms with van der Waals surface area (Å²) in [6.45, 7) is 5.06. The van der Waals surface area contributed by atoms with Crippen LogP contribution in [-0.2, 0) is 4.79 Å². The van der Waals surface area contributed by atoms with Gasteiger partial charge in [0.15, 0.2) is 0 Å². The lowest BCUT2D eigenvalue weighted by Gasteiger charge is -2.25. The molecule has 0 spiro atoms. The van der Waals surface area contributed by atoms with Crippen LogP contribution in [0.15, 0.2) is 24.3 Å². The fourth-order valence-corrected chi connectivity index (χ4v) is 1.84. The monoisotopic (exact) mass is 264 g/mol. The fraction of sp³-hybridized carbons (Fsp3) is 0.533. The van der Waals surface area contributed by atoms with E-state index in [0.29, 0.717) is 6.54 Å². The minimum atomic E-state index is -0.461. The van der Waals surface area contributed by atoms with Crippen molar-refractivity contribution in [3.05, 3.63) is 29.8 Å². The average molecular weight is 264 g/mol. The molecule has 0 heterocycles. The lowest BCUT2D eigenvalue weighted by molar-refractivity contribution is -0.127. The summed E-state index contributed by atoms with van der Waals surface area (Å²) in [5.74, 6) is 0.0908. The smallest absolute Gasteiger partial charge is 0.241 e. The average Bonchev–Trinajstić information content (AvgIpc) is 2.38. The van der Waals surface area contributed by atoms with Crippen molar-refractivity contribution in [1.82, 2.24) is 4.90 Å². The maximum atomic E-state index is 11.8. The number of benzene rings is 1. The minimum Gasteiger partial charge on any atom is -0.389 e. The molecule has 1 amide bonds. The second kappa shape index (κ2) is 7.14. The number of nitrogens with zero attached hydrogens (tertiary/aromatic N) is 2. The highest BCUT2D eigenvalue weighted by atomic mass is 16.3. The first-order valence-corrected chi connectivity index (χ1v) is 6.68. The summed E-state index contributed by atoms with van der Waals surface area (Å²) in [4.78, 5) is 15.5. The van der Waals surface area contributed by atoms with Crippen molar-refractivity contribution < 1.29 is 9.90 Å². The normalized spacial score (nSPS) is 12.1. The van der Waals surface area contributed by atoms with Gasteiger partial charge in [-0.15, -0.1) is 0 Å². The van der Waals surface area contributed by atoms with Crippen LogP contribution in [0.3, 0.4) is 0 Å². The van der Waals surface area contributed by atoms with E-state index in [1.165, 1.54) is 0 Å². The highest BCUT2D eigenvalue weighted by molar-refractivity contribution is 5.81. The van der Waals surface area contributed by atoms with Gasteiger partial charge in [0, 0.05) is 26.3 Å². The molecular formula is C15H24N2O2. The zero-order valence-electron chi connectivity index (χ0n) is 12.3. The zero-order chi connectivity index (χ0) is 14.4. The first kappa shape index (κ1) is 15.5. The zero-order valence-corrected chi connectivity index (χ0v) is 12.3. The molecule has 0 saturated carbocycles. The van der Waals surface area contributed by atoms with Crippen LogP contribution in [0.5, 0.6) is 0 Å². The van der Waals surface area contributed by atoms with Crippen molar-refractivity contribution in [2.75, 3.05) is 32.1 Å². The van der Waals surface area contributed by atoms with E-state index in [4.69, 9.17) is 0 Å².